The SMILES string of the molecule is CO[Si](C)(CCO)[Zr]([Cl])([Cl])([NH]C(C)(C)C)[CH]1C=Cc2ccccc21. The number of rotatable bonds is 6. The average Bonchev–Trinajstić information content (AvgIpc) is 2.90. The second-order valence-electron chi connectivity index (χ2n) is 7.83. The monoisotopic (exact) mass is 466 g/mol. The van der Waals surface area contributed by atoms with E-state index in [1.807, 2.05) is 12.1 Å². The zero-order valence-corrected chi connectivity index (χ0v) is 20.0. The Morgan fingerprint density at radius 3 is 2.46 bits per heavy atom. The molecule has 0 bridgehead atoms. The van der Waals surface area contributed by atoms with Gasteiger partial charge in [-0.15, -0.1) is 0 Å². The van der Waals surface area contributed by atoms with Crippen molar-refractivity contribution in [3.8, 4) is 0 Å². The van der Waals surface area contributed by atoms with Crippen LogP contribution >= 0.6 is 17.0 Å². The molecule has 0 saturated carbocycles. The molecular formula is C17H28Cl2NO2SiZr. The molecule has 2 unspecified atom stereocenters. The van der Waals surface area contributed by atoms with Gasteiger partial charge in [0, 0.05) is 0 Å². The van der Waals surface area contributed by atoms with Crippen LogP contribution in [-0.4, -0.2) is 29.8 Å². The van der Waals surface area contributed by atoms with Gasteiger partial charge in [-0.25, -0.2) is 0 Å². The number of aliphatic hydroxyl groups is 1. The van der Waals surface area contributed by atoms with E-state index in [1.54, 1.807) is 7.11 Å². The maximum absolute atomic E-state index is 9.67. The van der Waals surface area contributed by atoms with Gasteiger partial charge in [-0.2, -0.15) is 0 Å². The molecule has 2 N–H and O–H groups in total. The first-order valence-electron chi connectivity index (χ1n) is 8.27. The molecule has 3 nitrogen and oxygen atoms in total. The molecule has 0 saturated heterocycles. The molecule has 135 valence electrons. The van der Waals surface area contributed by atoms with Crippen LogP contribution < -0.4 is 3.26 Å². The van der Waals surface area contributed by atoms with Crippen LogP contribution in [0.15, 0.2) is 30.3 Å². The van der Waals surface area contributed by atoms with E-state index < -0.39 is 21.3 Å². The minimum absolute atomic E-state index is 0.0315. The van der Waals surface area contributed by atoms with E-state index in [0.717, 1.165) is 5.56 Å². The second kappa shape index (κ2) is 6.92. The van der Waals surface area contributed by atoms with Gasteiger partial charge in [-0.05, 0) is 0 Å². The molecule has 0 radical (unpaired) electrons. The summed E-state index contributed by atoms with van der Waals surface area (Å²) >= 11 is -4.75. The van der Waals surface area contributed by atoms with Gasteiger partial charge in [0.1, 0.15) is 0 Å². The van der Waals surface area contributed by atoms with Crippen LogP contribution in [0.25, 0.3) is 6.08 Å². The minimum atomic E-state index is -4.75. The van der Waals surface area contributed by atoms with Gasteiger partial charge in [0.2, 0.25) is 0 Å². The normalized spacial score (nSPS) is 21.8. The molecule has 1 aromatic carbocycles. The summed E-state index contributed by atoms with van der Waals surface area (Å²) in [5, 5.41) is 9.67. The number of nitrogens with one attached hydrogen (secondary N) is 1. The fraction of sp³-hybridized carbons (Fsp3) is 0.529. The Labute approximate surface area is 154 Å². The Bertz CT molecular complexity index is 648. The summed E-state index contributed by atoms with van der Waals surface area (Å²) in [7, 11) is 16.8. The molecule has 0 heterocycles. The summed E-state index contributed by atoms with van der Waals surface area (Å²) in [5.74, 6) is 0. The van der Waals surface area contributed by atoms with Gasteiger partial charge in [0.05, 0.1) is 0 Å². The van der Waals surface area contributed by atoms with Crippen molar-refractivity contribution in [2.45, 2.75) is 42.5 Å². The Kier molecular flexibility index (Phi) is 6.00. The molecule has 1 aromatic rings. The van der Waals surface area contributed by atoms with Crippen LogP contribution in [0.3, 0.4) is 0 Å². The summed E-state index contributed by atoms with van der Waals surface area (Å²) in [5.41, 5.74) is -0.535. The van der Waals surface area contributed by atoms with E-state index in [9.17, 15) is 5.11 Å². The zero-order valence-electron chi connectivity index (χ0n) is 15.1. The van der Waals surface area contributed by atoms with E-state index in [1.165, 1.54) is 5.56 Å². The molecule has 0 aliphatic heterocycles. The van der Waals surface area contributed by atoms with Gasteiger partial charge < -0.3 is 0 Å². The van der Waals surface area contributed by atoms with Gasteiger partial charge in [0.15, 0.2) is 0 Å². The molecule has 2 atom stereocenters. The van der Waals surface area contributed by atoms with E-state index in [-0.39, 0.29) is 15.8 Å². The number of allylic oxidation sites excluding steroid dienone is 1. The number of fused-ring (bicyclic) bond motifs is 1. The number of hydrogen-bond donors (Lipinski definition) is 2. The molecule has 0 spiro atoms. The van der Waals surface area contributed by atoms with Crippen molar-refractivity contribution in [3.63, 3.8) is 0 Å². The van der Waals surface area contributed by atoms with E-state index in [2.05, 4.69) is 54.9 Å². The third kappa shape index (κ3) is 3.51. The van der Waals surface area contributed by atoms with Gasteiger partial charge in [-0.1, -0.05) is 0 Å². The van der Waals surface area contributed by atoms with Crippen molar-refractivity contribution in [2.24, 2.45) is 0 Å². The molecule has 0 amide bonds. The average molecular weight is 469 g/mol. The maximum atomic E-state index is 9.67. The van der Waals surface area contributed by atoms with Crippen molar-refractivity contribution in [3.05, 3.63) is 41.5 Å². The molecule has 1 aliphatic carbocycles. The van der Waals surface area contributed by atoms with Crippen molar-refractivity contribution >= 4 is 28.5 Å². The summed E-state index contributed by atoms with van der Waals surface area (Å²) in [6.07, 6.45) is 4.24. The molecule has 1 aliphatic rings. The Hall–Kier alpha value is 0.520. The topological polar surface area (TPSA) is 41.5 Å². The quantitative estimate of drug-likeness (QED) is 0.591. The molecule has 0 aromatic heterocycles. The standard InChI is InChI=1S/C9H7.C4H10N.C4H11O2Si.2ClH.Zr/c1-2-5-9-7-3-6-8(9)4-1;1-4(2,3)5;1-6-7(2)4-3-5;;;/h1-7H;5H,1-3H3;5H,3-4H2,1-2H3;2*1H;/q;-1;;;;+3/p-2. The van der Waals surface area contributed by atoms with Crippen LogP contribution in [0.5, 0.6) is 0 Å². The predicted octanol–water partition coefficient (Wildman–Crippen LogP) is 4.77. The third-order valence-electron chi connectivity index (χ3n) is 4.96. The van der Waals surface area contributed by atoms with Crippen molar-refractivity contribution < 1.29 is 25.4 Å². The van der Waals surface area contributed by atoms with Crippen LogP contribution in [-0.2, 0) is 20.3 Å². The van der Waals surface area contributed by atoms with E-state index in [4.69, 9.17) is 21.5 Å². The number of hydrogen-bond acceptors (Lipinski definition) is 3. The van der Waals surface area contributed by atoms with Crippen LogP contribution in [0, 0.1) is 0 Å². The summed E-state index contributed by atoms with van der Waals surface area (Å²) < 4.78 is 9.65. The summed E-state index contributed by atoms with van der Waals surface area (Å²) in [6.45, 7) is 8.35. The Morgan fingerprint density at radius 2 is 1.92 bits per heavy atom. The Morgan fingerprint density at radius 1 is 1.29 bits per heavy atom. The van der Waals surface area contributed by atoms with Crippen LogP contribution in [0.2, 0.25) is 12.6 Å². The Balaban J connectivity index is 2.67. The molecular weight excluding hydrogens is 440 g/mol. The number of halogens is 2. The van der Waals surface area contributed by atoms with E-state index >= 15 is 0 Å². The third-order valence-corrected chi connectivity index (χ3v) is 54.2. The van der Waals surface area contributed by atoms with Gasteiger partial charge in [-0.3, -0.25) is 0 Å². The first kappa shape index (κ1) is 20.8. The molecule has 7 heteroatoms. The van der Waals surface area contributed by atoms with Crippen molar-refractivity contribution in [2.75, 3.05) is 13.7 Å². The number of benzene rings is 1. The predicted molar refractivity (Wildman–Crippen MR) is 103 cm³/mol. The molecule has 2 rings (SSSR count). The van der Waals surface area contributed by atoms with Gasteiger partial charge >= 0.3 is 155 Å². The first-order chi connectivity index (χ1) is 11.0. The fourth-order valence-electron chi connectivity index (χ4n) is 3.65. The van der Waals surface area contributed by atoms with E-state index in [0.29, 0.717) is 6.04 Å². The fourth-order valence-corrected chi connectivity index (χ4v) is 42.0. The zero-order chi connectivity index (χ0) is 18.3. The second-order valence-corrected chi connectivity index (χ2v) is 46.8. The molecule has 0 fully saturated rings. The summed E-state index contributed by atoms with van der Waals surface area (Å²) in [4.78, 5) is 0. The van der Waals surface area contributed by atoms with Crippen molar-refractivity contribution in [1.29, 1.82) is 0 Å². The summed E-state index contributed by atoms with van der Waals surface area (Å²) in [6, 6.07) is 8.76. The first-order valence-corrected chi connectivity index (χ1v) is 23.6. The molecule has 24 heavy (non-hydrogen) atoms. The van der Waals surface area contributed by atoms with Crippen LogP contribution in [0.1, 0.15) is 35.5 Å². The number of aliphatic hydroxyl groups excluding tert-OH is 1. The van der Waals surface area contributed by atoms with Gasteiger partial charge in [0.25, 0.3) is 0 Å². The van der Waals surface area contributed by atoms with Crippen molar-refractivity contribution in [1.82, 2.24) is 3.26 Å². The van der Waals surface area contributed by atoms with Crippen LogP contribution in [0.4, 0.5) is 0 Å².